The van der Waals surface area contributed by atoms with E-state index in [0.29, 0.717) is 6.42 Å². The van der Waals surface area contributed by atoms with Crippen LogP contribution in [0, 0.1) is 0 Å². The van der Waals surface area contributed by atoms with Crippen LogP contribution in [0.1, 0.15) is 77.6 Å². The van der Waals surface area contributed by atoms with Crippen molar-refractivity contribution < 1.29 is 14.6 Å². The fraction of sp³-hybridized carbons (Fsp3) is 0.737. The third-order valence-corrected chi connectivity index (χ3v) is 3.66. The van der Waals surface area contributed by atoms with Crippen molar-refractivity contribution in [2.24, 2.45) is 0 Å². The predicted octanol–water partition coefficient (Wildman–Crippen LogP) is 4.94. The molecule has 0 aliphatic rings. The van der Waals surface area contributed by atoms with Crippen LogP contribution in [-0.4, -0.2) is 24.3 Å². The van der Waals surface area contributed by atoms with Crippen LogP contribution in [0.5, 0.6) is 0 Å². The number of aliphatic hydroxyl groups is 1. The first-order valence-electron chi connectivity index (χ1n) is 8.79. The van der Waals surface area contributed by atoms with Crippen molar-refractivity contribution in [3.05, 3.63) is 24.3 Å². The lowest BCUT2D eigenvalue weighted by atomic mass is 10.1. The highest BCUT2D eigenvalue weighted by Crippen LogP contribution is 2.10. The summed E-state index contributed by atoms with van der Waals surface area (Å²) in [4.78, 5) is 10.9. The smallest absolute Gasteiger partial charge is 0.305 e. The molecule has 128 valence electrons. The Morgan fingerprint density at radius 3 is 2.50 bits per heavy atom. The van der Waals surface area contributed by atoms with Gasteiger partial charge < -0.3 is 9.84 Å². The Morgan fingerprint density at radius 2 is 1.77 bits per heavy atom. The number of ether oxygens (including phenoxy) is 1. The van der Waals surface area contributed by atoms with Crippen LogP contribution < -0.4 is 0 Å². The number of carbonyl (C=O) groups excluding carboxylic acids is 1. The van der Waals surface area contributed by atoms with Gasteiger partial charge in [-0.05, 0) is 25.7 Å². The molecule has 1 N–H and O–H groups in total. The van der Waals surface area contributed by atoms with E-state index in [2.05, 4.69) is 17.7 Å². The normalized spacial score (nSPS) is 13.0. The lowest BCUT2D eigenvalue weighted by Crippen LogP contribution is -2.01. The molecule has 1 atom stereocenters. The predicted molar refractivity (Wildman–Crippen MR) is 92.8 cm³/mol. The molecule has 0 saturated carbocycles. The van der Waals surface area contributed by atoms with Crippen LogP contribution in [0.2, 0.25) is 0 Å². The maximum Gasteiger partial charge on any atom is 0.305 e. The first-order valence-corrected chi connectivity index (χ1v) is 8.79. The van der Waals surface area contributed by atoms with E-state index in [4.69, 9.17) is 0 Å². The van der Waals surface area contributed by atoms with Crippen molar-refractivity contribution in [1.82, 2.24) is 0 Å². The Bertz CT molecular complexity index is 308. The first kappa shape index (κ1) is 20.9. The van der Waals surface area contributed by atoms with Crippen LogP contribution in [0.3, 0.4) is 0 Å². The minimum Gasteiger partial charge on any atom is -0.469 e. The highest BCUT2D eigenvalue weighted by atomic mass is 16.5. The average molecular weight is 310 g/mol. The van der Waals surface area contributed by atoms with Gasteiger partial charge in [-0.25, -0.2) is 0 Å². The van der Waals surface area contributed by atoms with Gasteiger partial charge in [0.05, 0.1) is 13.2 Å². The molecule has 0 aliphatic heterocycles. The molecule has 1 unspecified atom stereocenters. The first-order chi connectivity index (χ1) is 10.7. The highest BCUT2D eigenvalue weighted by Gasteiger charge is 2.00. The van der Waals surface area contributed by atoms with Crippen LogP contribution in [0.25, 0.3) is 0 Å². The summed E-state index contributed by atoms with van der Waals surface area (Å²) < 4.78 is 4.60. The molecule has 3 heteroatoms. The summed E-state index contributed by atoms with van der Waals surface area (Å²) in [5.41, 5.74) is 0. The van der Waals surface area contributed by atoms with Gasteiger partial charge in [0.2, 0.25) is 0 Å². The molecule has 0 heterocycles. The molecule has 0 fully saturated rings. The van der Waals surface area contributed by atoms with E-state index in [1.807, 2.05) is 18.2 Å². The molecule has 0 rings (SSSR count). The van der Waals surface area contributed by atoms with E-state index in [-0.39, 0.29) is 12.1 Å². The van der Waals surface area contributed by atoms with Gasteiger partial charge in [-0.3, -0.25) is 4.79 Å². The maximum atomic E-state index is 10.9. The summed E-state index contributed by atoms with van der Waals surface area (Å²) in [5, 5.41) is 9.82. The van der Waals surface area contributed by atoms with Gasteiger partial charge in [0.1, 0.15) is 0 Å². The van der Waals surface area contributed by atoms with E-state index >= 15 is 0 Å². The summed E-state index contributed by atoms with van der Waals surface area (Å²) in [5.74, 6) is -0.122. The van der Waals surface area contributed by atoms with E-state index in [9.17, 15) is 9.90 Å². The van der Waals surface area contributed by atoms with Crippen LogP contribution >= 0.6 is 0 Å². The number of allylic oxidation sites excluding steroid dienone is 3. The van der Waals surface area contributed by atoms with Gasteiger partial charge in [0, 0.05) is 6.42 Å². The molecular formula is C19H34O3. The highest BCUT2D eigenvalue weighted by molar-refractivity contribution is 5.68. The van der Waals surface area contributed by atoms with Gasteiger partial charge in [-0.1, -0.05) is 69.8 Å². The summed E-state index contributed by atoms with van der Waals surface area (Å²) in [6.45, 7) is 2.21. The Morgan fingerprint density at radius 1 is 1.05 bits per heavy atom. The van der Waals surface area contributed by atoms with Gasteiger partial charge >= 0.3 is 5.97 Å². The average Bonchev–Trinajstić information content (AvgIpc) is 2.52. The second-order valence-corrected chi connectivity index (χ2v) is 5.76. The third-order valence-electron chi connectivity index (χ3n) is 3.66. The molecule has 0 bridgehead atoms. The molecule has 0 aliphatic carbocycles. The molecule has 0 aromatic rings. The second-order valence-electron chi connectivity index (χ2n) is 5.76. The number of esters is 1. The summed E-state index contributed by atoms with van der Waals surface area (Å²) in [7, 11) is 1.43. The summed E-state index contributed by atoms with van der Waals surface area (Å²) in [6, 6.07) is 0. The van der Waals surface area contributed by atoms with Crippen molar-refractivity contribution >= 4 is 5.97 Å². The standard InChI is InChI=1S/C19H34O3/c1-3-4-5-6-7-9-12-15-18(20)16-13-10-8-11-14-17-19(21)22-2/h7,9,12,15,18,20H,3-6,8,10-11,13-14,16-17H2,1-2H3/b9-7+,15-12+. The molecule has 0 saturated heterocycles. The zero-order valence-corrected chi connectivity index (χ0v) is 14.4. The number of hydrogen-bond donors (Lipinski definition) is 1. The van der Waals surface area contributed by atoms with E-state index < -0.39 is 0 Å². The Labute approximate surface area is 136 Å². The zero-order valence-electron chi connectivity index (χ0n) is 14.4. The number of aliphatic hydroxyl groups excluding tert-OH is 1. The summed E-state index contributed by atoms with van der Waals surface area (Å²) in [6.07, 6.45) is 19.2. The van der Waals surface area contributed by atoms with Gasteiger partial charge in [-0.15, -0.1) is 0 Å². The number of hydrogen-bond acceptors (Lipinski definition) is 3. The molecule has 0 radical (unpaired) electrons. The van der Waals surface area contributed by atoms with Crippen LogP contribution in [0.4, 0.5) is 0 Å². The van der Waals surface area contributed by atoms with Gasteiger partial charge in [-0.2, -0.15) is 0 Å². The van der Waals surface area contributed by atoms with E-state index in [1.165, 1.54) is 26.4 Å². The van der Waals surface area contributed by atoms with Crippen molar-refractivity contribution in [2.45, 2.75) is 83.7 Å². The van der Waals surface area contributed by atoms with Crippen molar-refractivity contribution in [3.63, 3.8) is 0 Å². The molecule has 0 aromatic carbocycles. The largest absolute Gasteiger partial charge is 0.469 e. The molecule has 0 spiro atoms. The number of unbranched alkanes of at least 4 members (excludes halogenated alkanes) is 7. The number of methoxy groups -OCH3 is 1. The fourth-order valence-electron chi connectivity index (χ4n) is 2.23. The topological polar surface area (TPSA) is 46.5 Å². The number of rotatable bonds is 14. The molecule has 0 aromatic heterocycles. The molecular weight excluding hydrogens is 276 g/mol. The zero-order chi connectivity index (χ0) is 16.5. The van der Waals surface area contributed by atoms with E-state index in [1.54, 1.807) is 0 Å². The summed E-state index contributed by atoms with van der Waals surface area (Å²) >= 11 is 0. The Hall–Kier alpha value is -1.09. The monoisotopic (exact) mass is 310 g/mol. The van der Waals surface area contributed by atoms with Crippen LogP contribution in [-0.2, 0) is 9.53 Å². The Balaban J connectivity index is 3.41. The van der Waals surface area contributed by atoms with Gasteiger partial charge in [0.25, 0.3) is 0 Å². The van der Waals surface area contributed by atoms with Crippen molar-refractivity contribution in [1.29, 1.82) is 0 Å². The van der Waals surface area contributed by atoms with E-state index in [0.717, 1.165) is 44.9 Å². The minimum absolute atomic E-state index is 0.122. The molecule has 22 heavy (non-hydrogen) atoms. The SMILES string of the molecule is CCCCC/C=C/C=C/C(O)CCCCCCCC(=O)OC. The maximum absolute atomic E-state index is 10.9. The van der Waals surface area contributed by atoms with Crippen molar-refractivity contribution in [2.75, 3.05) is 7.11 Å². The lowest BCUT2D eigenvalue weighted by Gasteiger charge is -2.05. The fourth-order valence-corrected chi connectivity index (χ4v) is 2.23. The molecule has 0 amide bonds. The Kier molecular flexibility index (Phi) is 15.5. The van der Waals surface area contributed by atoms with Gasteiger partial charge in [0.15, 0.2) is 0 Å². The minimum atomic E-state index is -0.338. The second kappa shape index (κ2) is 16.3. The van der Waals surface area contributed by atoms with Crippen LogP contribution in [0.15, 0.2) is 24.3 Å². The number of carbonyl (C=O) groups is 1. The quantitative estimate of drug-likeness (QED) is 0.281. The third kappa shape index (κ3) is 15.3. The lowest BCUT2D eigenvalue weighted by molar-refractivity contribution is -0.140. The molecule has 3 nitrogen and oxygen atoms in total. The van der Waals surface area contributed by atoms with Crippen molar-refractivity contribution in [3.8, 4) is 0 Å².